The van der Waals surface area contributed by atoms with Crippen LogP contribution in [0.2, 0.25) is 0 Å². The van der Waals surface area contributed by atoms with Gasteiger partial charge < -0.3 is 14.6 Å². The minimum atomic E-state index is -0.366. The average Bonchev–Trinajstić information content (AvgIpc) is 3.25. The second kappa shape index (κ2) is 7.20. The van der Waals surface area contributed by atoms with E-state index >= 15 is 0 Å². The van der Waals surface area contributed by atoms with Crippen LogP contribution >= 0.6 is 0 Å². The molecule has 29 heavy (non-hydrogen) atoms. The van der Waals surface area contributed by atoms with Crippen molar-refractivity contribution < 1.29 is 9.53 Å². The van der Waals surface area contributed by atoms with Gasteiger partial charge in [0.1, 0.15) is 5.69 Å². The molecule has 1 aliphatic heterocycles. The van der Waals surface area contributed by atoms with Crippen LogP contribution in [0.5, 0.6) is 0 Å². The summed E-state index contributed by atoms with van der Waals surface area (Å²) in [6.07, 6.45) is 5.49. The molecule has 6 nitrogen and oxygen atoms in total. The van der Waals surface area contributed by atoms with Gasteiger partial charge in [-0.1, -0.05) is 6.07 Å². The van der Waals surface area contributed by atoms with Crippen molar-refractivity contribution >= 4 is 33.7 Å². The van der Waals surface area contributed by atoms with Gasteiger partial charge in [-0.15, -0.1) is 0 Å². The Kier molecular flexibility index (Phi) is 4.39. The number of aromatic nitrogens is 3. The predicted molar refractivity (Wildman–Crippen MR) is 114 cm³/mol. The van der Waals surface area contributed by atoms with E-state index in [-0.39, 0.29) is 5.97 Å². The van der Waals surface area contributed by atoms with Crippen molar-refractivity contribution in [2.45, 2.75) is 19.3 Å². The van der Waals surface area contributed by atoms with E-state index in [2.05, 4.69) is 34.1 Å². The highest BCUT2D eigenvalue weighted by Crippen LogP contribution is 2.33. The normalized spacial score (nSPS) is 14.4. The maximum Gasteiger partial charge on any atom is 0.337 e. The number of benzene rings is 2. The summed E-state index contributed by atoms with van der Waals surface area (Å²) in [5.74, 6) is 0.518. The maximum absolute atomic E-state index is 11.9. The van der Waals surface area contributed by atoms with Crippen LogP contribution in [0.15, 0.2) is 48.7 Å². The summed E-state index contributed by atoms with van der Waals surface area (Å²) in [5.41, 5.74) is 4.99. The summed E-state index contributed by atoms with van der Waals surface area (Å²) in [6, 6.07) is 13.7. The zero-order valence-corrected chi connectivity index (χ0v) is 16.3. The van der Waals surface area contributed by atoms with Gasteiger partial charge in [-0.3, -0.25) is 0 Å². The van der Waals surface area contributed by atoms with Crippen LogP contribution in [-0.2, 0) is 4.74 Å². The molecule has 0 atom stereocenters. The van der Waals surface area contributed by atoms with Gasteiger partial charge in [-0.25, -0.2) is 14.8 Å². The molecule has 5 rings (SSSR count). The first-order valence-corrected chi connectivity index (χ1v) is 9.95. The number of fused-ring (bicyclic) bond motifs is 2. The second-order valence-electron chi connectivity index (χ2n) is 7.42. The first-order valence-electron chi connectivity index (χ1n) is 9.95. The summed E-state index contributed by atoms with van der Waals surface area (Å²) in [4.78, 5) is 27.4. The van der Waals surface area contributed by atoms with Gasteiger partial charge >= 0.3 is 5.97 Å². The molecule has 0 unspecified atom stereocenters. The number of hydrogen-bond donors (Lipinski definition) is 1. The topological polar surface area (TPSA) is 71.1 Å². The molecule has 1 N–H and O–H groups in total. The molecular formula is C23H22N4O2. The predicted octanol–water partition coefficient (Wildman–Crippen LogP) is 4.56. The van der Waals surface area contributed by atoms with E-state index in [1.807, 2.05) is 12.3 Å². The maximum atomic E-state index is 11.9. The lowest BCUT2D eigenvalue weighted by Gasteiger charge is -2.29. The van der Waals surface area contributed by atoms with Gasteiger partial charge in [0.25, 0.3) is 0 Å². The van der Waals surface area contributed by atoms with E-state index < -0.39 is 0 Å². The second-order valence-corrected chi connectivity index (χ2v) is 7.42. The van der Waals surface area contributed by atoms with Crippen LogP contribution in [-0.4, -0.2) is 41.1 Å². The highest BCUT2D eigenvalue weighted by molar-refractivity contribution is 5.95. The monoisotopic (exact) mass is 386 g/mol. The zero-order valence-electron chi connectivity index (χ0n) is 16.3. The molecule has 3 heterocycles. The van der Waals surface area contributed by atoms with Gasteiger partial charge in [0.05, 0.1) is 23.7 Å². The van der Waals surface area contributed by atoms with Gasteiger partial charge in [0, 0.05) is 35.8 Å². The minimum Gasteiger partial charge on any atom is -0.465 e. The van der Waals surface area contributed by atoms with Crippen molar-refractivity contribution in [3.63, 3.8) is 0 Å². The fourth-order valence-corrected chi connectivity index (χ4v) is 4.01. The summed E-state index contributed by atoms with van der Waals surface area (Å²) in [6.45, 7) is 1.94. The largest absolute Gasteiger partial charge is 0.465 e. The van der Waals surface area contributed by atoms with Crippen molar-refractivity contribution in [3.05, 3.63) is 54.2 Å². The zero-order chi connectivity index (χ0) is 19.8. The Bertz CT molecular complexity index is 1210. The molecule has 1 aliphatic rings. The third kappa shape index (κ3) is 3.20. The number of hydrogen-bond acceptors (Lipinski definition) is 5. The number of carbonyl (C=O) groups excluding carboxylic acids is 1. The fourth-order valence-electron chi connectivity index (χ4n) is 4.01. The molecule has 146 valence electrons. The molecule has 1 fully saturated rings. The summed E-state index contributed by atoms with van der Waals surface area (Å²) in [7, 11) is 1.39. The molecule has 0 amide bonds. The Balaban J connectivity index is 1.70. The summed E-state index contributed by atoms with van der Waals surface area (Å²) in [5, 5.41) is 1.15. The van der Waals surface area contributed by atoms with Crippen LogP contribution in [0.3, 0.4) is 0 Å². The lowest BCUT2D eigenvalue weighted by Crippen LogP contribution is -2.31. The van der Waals surface area contributed by atoms with Crippen molar-refractivity contribution in [1.29, 1.82) is 0 Å². The van der Waals surface area contributed by atoms with E-state index in [0.717, 1.165) is 59.4 Å². The van der Waals surface area contributed by atoms with E-state index in [1.165, 1.54) is 13.5 Å². The average molecular weight is 386 g/mol. The smallest absolute Gasteiger partial charge is 0.337 e. The van der Waals surface area contributed by atoms with E-state index in [9.17, 15) is 4.79 Å². The quantitative estimate of drug-likeness (QED) is 0.523. The van der Waals surface area contributed by atoms with Crippen LogP contribution in [0.4, 0.5) is 5.82 Å². The van der Waals surface area contributed by atoms with Crippen molar-refractivity contribution in [2.75, 3.05) is 25.1 Å². The van der Waals surface area contributed by atoms with E-state index in [4.69, 9.17) is 14.7 Å². The molecular weight excluding hydrogens is 364 g/mol. The van der Waals surface area contributed by atoms with Gasteiger partial charge in [0.2, 0.25) is 0 Å². The van der Waals surface area contributed by atoms with Crippen molar-refractivity contribution in [1.82, 2.24) is 15.0 Å². The molecule has 1 saturated heterocycles. The van der Waals surface area contributed by atoms with Gasteiger partial charge in [-0.05, 0) is 55.7 Å². The van der Waals surface area contributed by atoms with Gasteiger partial charge in [0.15, 0.2) is 5.82 Å². The van der Waals surface area contributed by atoms with E-state index in [1.54, 1.807) is 12.1 Å². The molecule has 0 radical (unpaired) electrons. The number of ether oxygens (including phenoxy) is 1. The molecule has 2 aromatic heterocycles. The highest BCUT2D eigenvalue weighted by atomic mass is 16.5. The fraction of sp³-hybridized carbons (Fsp3) is 0.261. The number of aromatic amines is 1. The highest BCUT2D eigenvalue weighted by Gasteiger charge is 2.20. The van der Waals surface area contributed by atoms with Crippen LogP contribution in [0, 0.1) is 0 Å². The summed E-state index contributed by atoms with van der Waals surface area (Å²) >= 11 is 0. The minimum absolute atomic E-state index is 0.366. The number of nitrogens with zero attached hydrogens (tertiary/aromatic N) is 3. The van der Waals surface area contributed by atoms with Gasteiger partial charge in [-0.2, -0.15) is 0 Å². The van der Waals surface area contributed by atoms with Crippen molar-refractivity contribution in [3.8, 4) is 11.3 Å². The molecule has 0 bridgehead atoms. The molecule has 0 spiro atoms. The molecule has 0 saturated carbocycles. The number of rotatable bonds is 3. The first kappa shape index (κ1) is 17.7. The number of methoxy groups -OCH3 is 1. The van der Waals surface area contributed by atoms with E-state index in [0.29, 0.717) is 11.1 Å². The Morgan fingerprint density at radius 2 is 1.86 bits per heavy atom. The standard InChI is InChI=1S/C23H22N4O2/c1-29-23(28)17-6-8-19-20(14-17)26-22(27-11-3-2-4-12-27)21(25-19)16-5-7-18-15(13-16)9-10-24-18/h5-10,13-14,24H,2-4,11-12H2,1H3. The number of esters is 1. The Hall–Kier alpha value is -3.41. The van der Waals surface area contributed by atoms with Crippen molar-refractivity contribution in [2.24, 2.45) is 0 Å². The number of piperidine rings is 1. The number of carbonyl (C=O) groups is 1. The third-order valence-electron chi connectivity index (χ3n) is 5.55. The SMILES string of the molecule is COC(=O)c1ccc2nc(-c3ccc4[nH]ccc4c3)c(N3CCCCC3)nc2c1. The van der Waals surface area contributed by atoms with Crippen LogP contribution < -0.4 is 4.90 Å². The Morgan fingerprint density at radius 3 is 2.69 bits per heavy atom. The molecule has 0 aliphatic carbocycles. The summed E-state index contributed by atoms with van der Waals surface area (Å²) < 4.78 is 4.86. The lowest BCUT2D eigenvalue weighted by molar-refractivity contribution is 0.0601. The number of nitrogens with one attached hydrogen (secondary N) is 1. The molecule has 4 aromatic rings. The number of anilines is 1. The number of H-pyrrole nitrogens is 1. The molecule has 2 aromatic carbocycles. The first-order chi connectivity index (χ1) is 14.2. The third-order valence-corrected chi connectivity index (χ3v) is 5.55. The lowest BCUT2D eigenvalue weighted by atomic mass is 10.1. The Labute approximate surface area is 168 Å². The van der Waals surface area contributed by atoms with Crippen LogP contribution in [0.25, 0.3) is 33.2 Å². The van der Waals surface area contributed by atoms with Crippen LogP contribution in [0.1, 0.15) is 29.6 Å². The Morgan fingerprint density at radius 1 is 1.00 bits per heavy atom. The molecule has 6 heteroatoms.